The van der Waals surface area contributed by atoms with Crippen molar-refractivity contribution in [2.24, 2.45) is 0 Å². The van der Waals surface area contributed by atoms with Crippen LogP contribution in [-0.4, -0.2) is 37.7 Å². The lowest BCUT2D eigenvalue weighted by Crippen LogP contribution is -2.36. The van der Waals surface area contributed by atoms with E-state index in [2.05, 4.69) is 77.2 Å². The Morgan fingerprint density at radius 1 is 1.10 bits per heavy atom. The maximum atomic E-state index is 12.1. The van der Waals surface area contributed by atoms with Gasteiger partial charge in [-0.05, 0) is 48.4 Å². The van der Waals surface area contributed by atoms with E-state index in [0.717, 1.165) is 42.8 Å². The number of anilines is 1. The second kappa shape index (κ2) is 13.4. The van der Waals surface area contributed by atoms with Gasteiger partial charge in [-0.2, -0.15) is 29.8 Å². The van der Waals surface area contributed by atoms with Crippen LogP contribution in [0.3, 0.4) is 0 Å². The summed E-state index contributed by atoms with van der Waals surface area (Å²) in [6.07, 6.45) is 9.03. The zero-order valence-electron chi connectivity index (χ0n) is 17.9. The Labute approximate surface area is 191 Å². The number of thiol groups is 2. The molecular weight excluding hydrogens is 412 g/mol. The van der Waals surface area contributed by atoms with Gasteiger partial charge in [0.1, 0.15) is 12.6 Å². The largest absolute Gasteiger partial charge is 0.461 e. The van der Waals surface area contributed by atoms with Crippen molar-refractivity contribution in [3.8, 4) is 0 Å². The first-order valence-corrected chi connectivity index (χ1v) is 11.6. The van der Waals surface area contributed by atoms with Gasteiger partial charge in [-0.1, -0.05) is 12.1 Å². The number of rotatable bonds is 12. The molecule has 1 aromatic carbocycles. The van der Waals surface area contributed by atoms with Crippen LogP contribution in [0.25, 0.3) is 12.2 Å². The molecule has 0 aliphatic carbocycles. The van der Waals surface area contributed by atoms with Gasteiger partial charge in [0.05, 0.1) is 6.42 Å². The number of pyridine rings is 1. The van der Waals surface area contributed by atoms with Crippen molar-refractivity contribution >= 4 is 49.1 Å². The maximum Gasteiger partial charge on any atom is 0.306 e. The molecule has 0 radical (unpaired) electrons. The van der Waals surface area contributed by atoms with Crippen molar-refractivity contribution < 1.29 is 14.1 Å². The molecule has 0 bridgehead atoms. The molecule has 0 aliphatic rings. The number of hydrogen-bond acceptors (Lipinski definition) is 5. The maximum absolute atomic E-state index is 12.1. The van der Waals surface area contributed by atoms with Crippen LogP contribution in [0.15, 0.2) is 48.7 Å². The molecular formula is C24H33N2O2S2+. The van der Waals surface area contributed by atoms with Crippen LogP contribution in [-0.2, 0) is 16.1 Å². The standard InChI is InChI=1S/C24H32N2O2S2/c1-25(2)21-13-10-20(11-14-21)12-15-22-7-3-4-16-26(22)17-5-9-24(27)28-23(19-30)8-6-18-29/h3-4,7,10-16,23H,5-6,8-9,17-19H2,1-2H3,(H-,29,30)/p+1. The van der Waals surface area contributed by atoms with Crippen LogP contribution >= 0.6 is 25.3 Å². The minimum atomic E-state index is -0.150. The van der Waals surface area contributed by atoms with Gasteiger partial charge < -0.3 is 9.64 Å². The first-order valence-electron chi connectivity index (χ1n) is 10.4. The number of esters is 1. The van der Waals surface area contributed by atoms with Gasteiger partial charge in [0, 0.05) is 50.2 Å². The summed E-state index contributed by atoms with van der Waals surface area (Å²) in [5, 5.41) is 0. The number of ether oxygens (including phenoxy) is 1. The first-order chi connectivity index (χ1) is 14.5. The molecule has 0 fully saturated rings. The summed E-state index contributed by atoms with van der Waals surface area (Å²) < 4.78 is 7.69. The predicted molar refractivity (Wildman–Crippen MR) is 132 cm³/mol. The summed E-state index contributed by atoms with van der Waals surface area (Å²) >= 11 is 8.49. The van der Waals surface area contributed by atoms with E-state index in [1.54, 1.807) is 0 Å². The third-order valence-corrected chi connectivity index (χ3v) is 5.52. The molecule has 0 spiro atoms. The number of benzene rings is 1. The quantitative estimate of drug-likeness (QED) is 0.286. The van der Waals surface area contributed by atoms with E-state index in [1.165, 1.54) is 5.69 Å². The van der Waals surface area contributed by atoms with Gasteiger partial charge in [0.25, 0.3) is 0 Å². The van der Waals surface area contributed by atoms with Gasteiger partial charge in [0.15, 0.2) is 6.20 Å². The van der Waals surface area contributed by atoms with E-state index in [-0.39, 0.29) is 12.1 Å². The molecule has 0 saturated carbocycles. The number of aromatic nitrogens is 1. The van der Waals surface area contributed by atoms with E-state index in [9.17, 15) is 4.79 Å². The fraction of sp³-hybridized carbons (Fsp3) is 0.417. The Kier molecular flexibility index (Phi) is 10.9. The third-order valence-electron chi connectivity index (χ3n) is 4.80. The minimum absolute atomic E-state index is 0.116. The van der Waals surface area contributed by atoms with Gasteiger partial charge in [-0.3, -0.25) is 4.79 Å². The second-order valence-electron chi connectivity index (χ2n) is 7.40. The molecule has 0 N–H and O–H groups in total. The highest BCUT2D eigenvalue weighted by Gasteiger charge is 2.14. The lowest BCUT2D eigenvalue weighted by Gasteiger charge is -2.15. The fourth-order valence-electron chi connectivity index (χ4n) is 3.05. The summed E-state index contributed by atoms with van der Waals surface area (Å²) in [5.74, 6) is 1.20. The van der Waals surface area contributed by atoms with Crippen molar-refractivity contribution in [3.05, 3.63) is 59.9 Å². The van der Waals surface area contributed by atoms with Crippen LogP contribution in [0.5, 0.6) is 0 Å². The number of carbonyl (C=O) groups excluding carboxylic acids is 1. The highest BCUT2D eigenvalue weighted by atomic mass is 32.1. The molecule has 1 unspecified atom stereocenters. The molecule has 2 rings (SSSR count). The summed E-state index contributed by atoms with van der Waals surface area (Å²) in [6.45, 7) is 0.761. The predicted octanol–water partition coefficient (Wildman–Crippen LogP) is 4.54. The number of aryl methyl sites for hydroxylation is 1. The summed E-state index contributed by atoms with van der Waals surface area (Å²) in [7, 11) is 4.07. The Bertz CT molecular complexity index is 807. The van der Waals surface area contributed by atoms with E-state index in [1.807, 2.05) is 32.4 Å². The third kappa shape index (κ3) is 8.44. The molecule has 1 heterocycles. The van der Waals surface area contributed by atoms with Crippen LogP contribution in [0, 0.1) is 0 Å². The average Bonchev–Trinajstić information content (AvgIpc) is 2.76. The van der Waals surface area contributed by atoms with Crippen LogP contribution < -0.4 is 9.47 Å². The van der Waals surface area contributed by atoms with Gasteiger partial charge >= 0.3 is 5.97 Å². The van der Waals surface area contributed by atoms with E-state index >= 15 is 0 Å². The SMILES string of the molecule is CN(C)c1ccc(C=Cc2cccc[n+]2CCCC(=O)OC(CS)CCCS)cc1. The van der Waals surface area contributed by atoms with Crippen molar-refractivity contribution in [2.45, 2.75) is 38.3 Å². The topological polar surface area (TPSA) is 33.4 Å². The summed E-state index contributed by atoms with van der Waals surface area (Å²) in [5.41, 5.74) is 3.43. The zero-order chi connectivity index (χ0) is 21.8. The van der Waals surface area contributed by atoms with Crippen molar-refractivity contribution in [2.75, 3.05) is 30.5 Å². The Morgan fingerprint density at radius 2 is 1.87 bits per heavy atom. The average molecular weight is 446 g/mol. The molecule has 0 aliphatic heterocycles. The Balaban J connectivity index is 1.89. The molecule has 2 aromatic rings. The molecule has 6 heteroatoms. The molecule has 30 heavy (non-hydrogen) atoms. The normalized spacial score (nSPS) is 12.1. The van der Waals surface area contributed by atoms with Crippen LogP contribution in [0.2, 0.25) is 0 Å². The number of carbonyl (C=O) groups is 1. The van der Waals surface area contributed by atoms with Crippen LogP contribution in [0.1, 0.15) is 36.9 Å². The van der Waals surface area contributed by atoms with Crippen molar-refractivity contribution in [1.82, 2.24) is 0 Å². The highest BCUT2D eigenvalue weighted by molar-refractivity contribution is 7.80. The molecule has 4 nitrogen and oxygen atoms in total. The molecule has 0 saturated heterocycles. The Morgan fingerprint density at radius 3 is 2.53 bits per heavy atom. The number of nitrogens with zero attached hydrogens (tertiary/aromatic N) is 2. The summed E-state index contributed by atoms with van der Waals surface area (Å²) in [6, 6.07) is 14.6. The highest BCUT2D eigenvalue weighted by Crippen LogP contribution is 2.14. The summed E-state index contributed by atoms with van der Waals surface area (Å²) in [4.78, 5) is 14.2. The second-order valence-corrected chi connectivity index (χ2v) is 8.21. The fourth-order valence-corrected chi connectivity index (χ4v) is 3.49. The number of hydrogen-bond donors (Lipinski definition) is 2. The molecule has 0 amide bonds. The molecule has 162 valence electrons. The lowest BCUT2D eigenvalue weighted by molar-refractivity contribution is -0.698. The first kappa shape index (κ1) is 24.4. The minimum Gasteiger partial charge on any atom is -0.461 e. The van der Waals surface area contributed by atoms with Gasteiger partial charge in [0.2, 0.25) is 5.69 Å². The molecule has 1 aromatic heterocycles. The zero-order valence-corrected chi connectivity index (χ0v) is 19.7. The Hall–Kier alpha value is -1.92. The monoisotopic (exact) mass is 445 g/mol. The van der Waals surface area contributed by atoms with E-state index in [0.29, 0.717) is 12.2 Å². The van der Waals surface area contributed by atoms with Crippen molar-refractivity contribution in [3.63, 3.8) is 0 Å². The molecule has 1 atom stereocenters. The lowest BCUT2D eigenvalue weighted by atomic mass is 10.1. The van der Waals surface area contributed by atoms with E-state index < -0.39 is 0 Å². The van der Waals surface area contributed by atoms with Gasteiger partial charge in [-0.15, -0.1) is 0 Å². The van der Waals surface area contributed by atoms with Crippen LogP contribution in [0.4, 0.5) is 5.69 Å². The van der Waals surface area contributed by atoms with E-state index in [4.69, 9.17) is 4.74 Å². The van der Waals surface area contributed by atoms with Crippen molar-refractivity contribution in [1.29, 1.82) is 0 Å². The van der Waals surface area contributed by atoms with Gasteiger partial charge in [-0.25, -0.2) is 0 Å². The smallest absolute Gasteiger partial charge is 0.306 e.